The lowest BCUT2D eigenvalue weighted by Gasteiger charge is -2.01. The number of halogens is 2. The van der Waals surface area contributed by atoms with Crippen LogP contribution >= 0.6 is 15.9 Å². The van der Waals surface area contributed by atoms with E-state index in [0.717, 1.165) is 0 Å². The molecule has 0 aliphatic heterocycles. The molecule has 1 aromatic carbocycles. The van der Waals surface area contributed by atoms with Crippen molar-refractivity contribution in [1.29, 1.82) is 0 Å². The SMILES string of the molecule is C/C(=N\O)c1ccc(F)cc1Br. The number of hydrogen-bond acceptors (Lipinski definition) is 2. The number of hydrogen-bond donors (Lipinski definition) is 1. The Balaban J connectivity index is 3.18. The second-order valence-corrected chi connectivity index (χ2v) is 3.16. The van der Waals surface area contributed by atoms with Crippen molar-refractivity contribution in [3.8, 4) is 0 Å². The average Bonchev–Trinajstić information content (AvgIpc) is 2.03. The maximum Gasteiger partial charge on any atom is 0.124 e. The van der Waals surface area contributed by atoms with Crippen LogP contribution in [0, 0.1) is 5.82 Å². The van der Waals surface area contributed by atoms with Gasteiger partial charge in [-0.15, -0.1) is 0 Å². The molecule has 1 aromatic rings. The molecular formula is C8H7BrFNO. The standard InChI is InChI=1S/C8H7BrFNO/c1-5(11-12)7-3-2-6(10)4-8(7)9/h2-4,12H,1H3/b11-5+. The van der Waals surface area contributed by atoms with Gasteiger partial charge in [-0.2, -0.15) is 0 Å². The zero-order chi connectivity index (χ0) is 9.14. The first kappa shape index (κ1) is 9.19. The summed E-state index contributed by atoms with van der Waals surface area (Å²) in [6, 6.07) is 4.19. The molecule has 0 bridgehead atoms. The first-order valence-corrected chi connectivity index (χ1v) is 4.08. The molecule has 0 aliphatic carbocycles. The van der Waals surface area contributed by atoms with Gasteiger partial charge in [-0.1, -0.05) is 21.1 Å². The summed E-state index contributed by atoms with van der Waals surface area (Å²) in [7, 11) is 0. The van der Waals surface area contributed by atoms with E-state index < -0.39 is 0 Å². The minimum absolute atomic E-state index is 0.323. The van der Waals surface area contributed by atoms with Gasteiger partial charge in [0.1, 0.15) is 5.82 Å². The van der Waals surface area contributed by atoms with E-state index in [1.165, 1.54) is 12.1 Å². The van der Waals surface area contributed by atoms with Crippen LogP contribution in [-0.2, 0) is 0 Å². The Hall–Kier alpha value is -0.900. The normalized spacial score (nSPS) is 11.8. The molecule has 4 heteroatoms. The molecule has 0 atom stereocenters. The molecule has 0 aliphatic rings. The Morgan fingerprint density at radius 1 is 1.58 bits per heavy atom. The van der Waals surface area contributed by atoms with Gasteiger partial charge < -0.3 is 5.21 Å². The van der Waals surface area contributed by atoms with E-state index in [2.05, 4.69) is 21.1 Å². The number of nitrogens with zero attached hydrogens (tertiary/aromatic N) is 1. The molecule has 0 amide bonds. The quantitative estimate of drug-likeness (QED) is 0.450. The van der Waals surface area contributed by atoms with Crippen LogP contribution in [-0.4, -0.2) is 10.9 Å². The fourth-order valence-corrected chi connectivity index (χ4v) is 1.47. The molecule has 0 unspecified atom stereocenters. The Labute approximate surface area is 77.8 Å². The fourth-order valence-electron chi connectivity index (χ4n) is 0.837. The van der Waals surface area contributed by atoms with Crippen molar-refractivity contribution in [3.05, 3.63) is 34.1 Å². The van der Waals surface area contributed by atoms with Crippen LogP contribution in [0.2, 0.25) is 0 Å². The van der Waals surface area contributed by atoms with Crippen molar-refractivity contribution in [2.45, 2.75) is 6.92 Å². The van der Waals surface area contributed by atoms with E-state index in [1.54, 1.807) is 13.0 Å². The Bertz CT molecular complexity index is 325. The van der Waals surface area contributed by atoms with Crippen LogP contribution in [0.25, 0.3) is 0 Å². The van der Waals surface area contributed by atoms with E-state index in [1.807, 2.05) is 0 Å². The van der Waals surface area contributed by atoms with Crippen molar-refractivity contribution < 1.29 is 9.60 Å². The number of rotatable bonds is 1. The number of oxime groups is 1. The van der Waals surface area contributed by atoms with Crippen molar-refractivity contribution in [3.63, 3.8) is 0 Å². The molecule has 0 spiro atoms. The largest absolute Gasteiger partial charge is 0.411 e. The zero-order valence-corrected chi connectivity index (χ0v) is 7.97. The minimum Gasteiger partial charge on any atom is -0.411 e. The molecule has 64 valence electrons. The predicted octanol–water partition coefficient (Wildman–Crippen LogP) is 2.79. The molecule has 0 radical (unpaired) electrons. The Kier molecular flexibility index (Phi) is 2.81. The van der Waals surface area contributed by atoms with Gasteiger partial charge >= 0.3 is 0 Å². The third kappa shape index (κ3) is 1.82. The molecule has 0 aromatic heterocycles. The lowest BCUT2D eigenvalue weighted by Crippen LogP contribution is -1.95. The van der Waals surface area contributed by atoms with Gasteiger partial charge in [0.15, 0.2) is 0 Å². The molecule has 0 heterocycles. The third-order valence-electron chi connectivity index (χ3n) is 1.47. The van der Waals surface area contributed by atoms with Crippen LogP contribution in [0.3, 0.4) is 0 Å². The van der Waals surface area contributed by atoms with Gasteiger partial charge in [0.05, 0.1) is 5.71 Å². The fraction of sp³-hybridized carbons (Fsp3) is 0.125. The maximum absolute atomic E-state index is 12.6. The summed E-state index contributed by atoms with van der Waals surface area (Å²) in [5.41, 5.74) is 1.13. The lowest BCUT2D eigenvalue weighted by atomic mass is 10.1. The molecule has 2 nitrogen and oxygen atoms in total. The van der Waals surface area contributed by atoms with E-state index in [0.29, 0.717) is 15.7 Å². The smallest absolute Gasteiger partial charge is 0.124 e. The highest BCUT2D eigenvalue weighted by atomic mass is 79.9. The highest BCUT2D eigenvalue weighted by Gasteiger charge is 2.04. The van der Waals surface area contributed by atoms with Crippen LogP contribution in [0.15, 0.2) is 27.8 Å². The highest BCUT2D eigenvalue weighted by molar-refractivity contribution is 9.10. The van der Waals surface area contributed by atoms with Crippen LogP contribution < -0.4 is 0 Å². The van der Waals surface area contributed by atoms with Gasteiger partial charge in [0, 0.05) is 10.0 Å². The molecule has 12 heavy (non-hydrogen) atoms. The van der Waals surface area contributed by atoms with E-state index in [9.17, 15) is 4.39 Å². The van der Waals surface area contributed by atoms with Crippen LogP contribution in [0.4, 0.5) is 4.39 Å². The van der Waals surface area contributed by atoms with Gasteiger partial charge in [0.25, 0.3) is 0 Å². The summed E-state index contributed by atoms with van der Waals surface area (Å²) in [5, 5.41) is 11.5. The van der Waals surface area contributed by atoms with E-state index in [-0.39, 0.29) is 5.82 Å². The average molecular weight is 232 g/mol. The molecular weight excluding hydrogens is 225 g/mol. The van der Waals surface area contributed by atoms with Crippen molar-refractivity contribution in [1.82, 2.24) is 0 Å². The molecule has 1 rings (SSSR count). The zero-order valence-electron chi connectivity index (χ0n) is 6.38. The third-order valence-corrected chi connectivity index (χ3v) is 2.13. The van der Waals surface area contributed by atoms with Crippen molar-refractivity contribution in [2.75, 3.05) is 0 Å². The van der Waals surface area contributed by atoms with Crippen molar-refractivity contribution in [2.24, 2.45) is 5.16 Å². The molecule has 0 fully saturated rings. The van der Waals surface area contributed by atoms with E-state index >= 15 is 0 Å². The van der Waals surface area contributed by atoms with Gasteiger partial charge in [-0.05, 0) is 25.1 Å². The summed E-state index contributed by atoms with van der Waals surface area (Å²) < 4.78 is 13.2. The first-order chi connectivity index (χ1) is 5.65. The molecule has 0 saturated heterocycles. The summed E-state index contributed by atoms with van der Waals surface area (Å²) in [4.78, 5) is 0. The summed E-state index contributed by atoms with van der Waals surface area (Å²) in [6.07, 6.45) is 0. The van der Waals surface area contributed by atoms with Crippen molar-refractivity contribution >= 4 is 21.6 Å². The first-order valence-electron chi connectivity index (χ1n) is 3.29. The summed E-state index contributed by atoms with van der Waals surface area (Å²) in [5.74, 6) is -0.323. The second kappa shape index (κ2) is 3.67. The minimum atomic E-state index is -0.323. The lowest BCUT2D eigenvalue weighted by molar-refractivity contribution is 0.319. The summed E-state index contributed by atoms with van der Waals surface area (Å²) in [6.45, 7) is 1.64. The van der Waals surface area contributed by atoms with Crippen LogP contribution in [0.1, 0.15) is 12.5 Å². The Morgan fingerprint density at radius 2 is 2.25 bits per heavy atom. The van der Waals surface area contributed by atoms with Gasteiger partial charge in [-0.25, -0.2) is 4.39 Å². The van der Waals surface area contributed by atoms with Gasteiger partial charge in [0.2, 0.25) is 0 Å². The Morgan fingerprint density at radius 3 is 2.75 bits per heavy atom. The topological polar surface area (TPSA) is 32.6 Å². The van der Waals surface area contributed by atoms with E-state index in [4.69, 9.17) is 5.21 Å². The molecule has 1 N–H and O–H groups in total. The monoisotopic (exact) mass is 231 g/mol. The maximum atomic E-state index is 12.6. The van der Waals surface area contributed by atoms with Gasteiger partial charge in [-0.3, -0.25) is 0 Å². The number of benzene rings is 1. The molecule has 0 saturated carbocycles. The highest BCUT2D eigenvalue weighted by Crippen LogP contribution is 2.18. The second-order valence-electron chi connectivity index (χ2n) is 2.31. The summed E-state index contributed by atoms with van der Waals surface area (Å²) >= 11 is 3.16. The van der Waals surface area contributed by atoms with Crippen LogP contribution in [0.5, 0.6) is 0 Å². The predicted molar refractivity (Wildman–Crippen MR) is 48.1 cm³/mol.